The van der Waals surface area contributed by atoms with Gasteiger partial charge in [0.15, 0.2) is 0 Å². The van der Waals surface area contributed by atoms with Crippen molar-refractivity contribution in [2.75, 3.05) is 26.4 Å². The summed E-state index contributed by atoms with van der Waals surface area (Å²) in [7, 11) is 0. The Labute approximate surface area is 98.1 Å². The van der Waals surface area contributed by atoms with Gasteiger partial charge in [0.2, 0.25) is 0 Å². The zero-order valence-electron chi connectivity index (χ0n) is 10.7. The molecule has 1 unspecified atom stereocenters. The van der Waals surface area contributed by atoms with Gasteiger partial charge < -0.3 is 20.3 Å². The third-order valence-electron chi connectivity index (χ3n) is 2.82. The van der Waals surface area contributed by atoms with Gasteiger partial charge >= 0.3 is 0 Å². The third kappa shape index (κ3) is 4.78. The van der Waals surface area contributed by atoms with Crippen molar-refractivity contribution in [1.82, 2.24) is 0 Å². The van der Waals surface area contributed by atoms with Crippen molar-refractivity contribution in [3.05, 3.63) is 0 Å². The Bertz CT molecular complexity index is 211. The number of aliphatic hydroxyl groups is 1. The predicted molar refractivity (Wildman–Crippen MR) is 63.3 cm³/mol. The molecule has 1 atom stereocenters. The molecule has 0 aromatic carbocycles. The van der Waals surface area contributed by atoms with E-state index in [9.17, 15) is 5.11 Å². The molecule has 0 amide bonds. The van der Waals surface area contributed by atoms with Crippen molar-refractivity contribution in [3.8, 4) is 0 Å². The lowest BCUT2D eigenvalue weighted by Crippen LogP contribution is -2.50. The standard InChI is InChI=1S/C12H25NO3/c1-11(2,3)16-7-6-15-9-12(13,8-14)10-4-5-10/h10,14H,4-9,13H2,1-3H3. The van der Waals surface area contributed by atoms with E-state index in [0.717, 1.165) is 12.8 Å². The van der Waals surface area contributed by atoms with E-state index in [-0.39, 0.29) is 12.2 Å². The Kier molecular flexibility index (Phi) is 4.73. The number of aliphatic hydroxyl groups excluding tert-OH is 1. The Balaban J connectivity index is 2.10. The first kappa shape index (κ1) is 13.9. The minimum absolute atomic E-state index is 0.00219. The minimum atomic E-state index is -0.540. The minimum Gasteiger partial charge on any atom is -0.394 e. The van der Waals surface area contributed by atoms with Crippen LogP contribution in [0.3, 0.4) is 0 Å². The summed E-state index contributed by atoms with van der Waals surface area (Å²) in [6.45, 7) is 7.55. The van der Waals surface area contributed by atoms with Gasteiger partial charge in [0.1, 0.15) is 0 Å². The first-order chi connectivity index (χ1) is 7.37. The molecule has 0 aromatic heterocycles. The van der Waals surface area contributed by atoms with Crippen LogP contribution in [0.25, 0.3) is 0 Å². The first-order valence-corrected chi connectivity index (χ1v) is 5.99. The average molecular weight is 231 g/mol. The molecule has 0 aromatic rings. The van der Waals surface area contributed by atoms with Crippen molar-refractivity contribution >= 4 is 0 Å². The van der Waals surface area contributed by atoms with Crippen LogP contribution in [0.2, 0.25) is 0 Å². The number of rotatable bonds is 7. The van der Waals surface area contributed by atoms with Crippen molar-refractivity contribution in [1.29, 1.82) is 0 Å². The summed E-state index contributed by atoms with van der Waals surface area (Å²) >= 11 is 0. The van der Waals surface area contributed by atoms with Crippen LogP contribution in [0.1, 0.15) is 33.6 Å². The maximum Gasteiger partial charge on any atom is 0.0707 e. The van der Waals surface area contributed by atoms with Gasteiger partial charge in [-0.3, -0.25) is 0 Å². The molecule has 0 spiro atoms. The molecule has 0 aliphatic heterocycles. The maximum atomic E-state index is 9.25. The molecule has 0 saturated heterocycles. The Morgan fingerprint density at radius 3 is 2.31 bits per heavy atom. The van der Waals surface area contributed by atoms with E-state index in [1.54, 1.807) is 0 Å². The van der Waals surface area contributed by atoms with E-state index < -0.39 is 5.54 Å². The van der Waals surface area contributed by atoms with Crippen molar-refractivity contribution in [2.24, 2.45) is 11.7 Å². The van der Waals surface area contributed by atoms with Crippen LogP contribution in [0, 0.1) is 5.92 Å². The van der Waals surface area contributed by atoms with Crippen molar-refractivity contribution < 1.29 is 14.6 Å². The second-order valence-electron chi connectivity index (χ2n) is 5.68. The molecule has 1 rings (SSSR count). The number of hydrogen-bond donors (Lipinski definition) is 2. The van der Waals surface area contributed by atoms with Gasteiger partial charge in [0, 0.05) is 0 Å². The molecular formula is C12H25NO3. The number of nitrogens with two attached hydrogens (primary N) is 1. The average Bonchev–Trinajstić information content (AvgIpc) is 2.98. The van der Waals surface area contributed by atoms with E-state index in [1.165, 1.54) is 0 Å². The third-order valence-corrected chi connectivity index (χ3v) is 2.82. The lowest BCUT2D eigenvalue weighted by molar-refractivity contribution is -0.0461. The summed E-state index contributed by atoms with van der Waals surface area (Å²) < 4.78 is 11.0. The van der Waals surface area contributed by atoms with Crippen LogP contribution < -0.4 is 5.73 Å². The van der Waals surface area contributed by atoms with E-state index in [2.05, 4.69) is 0 Å². The molecule has 0 heterocycles. The molecular weight excluding hydrogens is 206 g/mol. The van der Waals surface area contributed by atoms with Crippen LogP contribution in [0.4, 0.5) is 0 Å². The molecule has 1 aliphatic carbocycles. The van der Waals surface area contributed by atoms with Crippen molar-refractivity contribution in [3.63, 3.8) is 0 Å². The van der Waals surface area contributed by atoms with E-state index in [1.807, 2.05) is 20.8 Å². The quantitative estimate of drug-likeness (QED) is 0.639. The van der Waals surface area contributed by atoms with Gasteiger partial charge in [0.25, 0.3) is 0 Å². The Morgan fingerprint density at radius 1 is 1.25 bits per heavy atom. The van der Waals surface area contributed by atoms with Gasteiger partial charge in [-0.15, -0.1) is 0 Å². The monoisotopic (exact) mass is 231 g/mol. The van der Waals surface area contributed by atoms with Crippen LogP contribution in [0.5, 0.6) is 0 Å². The molecule has 4 nitrogen and oxygen atoms in total. The molecule has 1 saturated carbocycles. The number of ether oxygens (including phenoxy) is 2. The van der Waals surface area contributed by atoms with Crippen LogP contribution in [-0.2, 0) is 9.47 Å². The maximum absolute atomic E-state index is 9.25. The molecule has 1 fully saturated rings. The van der Waals surface area contributed by atoms with Crippen molar-refractivity contribution in [2.45, 2.75) is 44.8 Å². The Morgan fingerprint density at radius 2 is 1.88 bits per heavy atom. The normalized spacial score (nSPS) is 20.8. The van der Waals surface area contributed by atoms with E-state index in [0.29, 0.717) is 25.7 Å². The highest BCUT2D eigenvalue weighted by Crippen LogP contribution is 2.38. The van der Waals surface area contributed by atoms with Crippen LogP contribution >= 0.6 is 0 Å². The summed E-state index contributed by atoms with van der Waals surface area (Å²) in [5.41, 5.74) is 5.39. The molecule has 1 aliphatic rings. The highest BCUT2D eigenvalue weighted by Gasteiger charge is 2.41. The van der Waals surface area contributed by atoms with E-state index in [4.69, 9.17) is 15.2 Å². The second kappa shape index (κ2) is 5.45. The molecule has 96 valence electrons. The van der Waals surface area contributed by atoms with Gasteiger partial charge in [0.05, 0.1) is 37.6 Å². The van der Waals surface area contributed by atoms with Gasteiger partial charge in [-0.2, -0.15) is 0 Å². The van der Waals surface area contributed by atoms with Gasteiger partial charge in [-0.05, 0) is 39.5 Å². The lowest BCUT2D eigenvalue weighted by atomic mass is 9.97. The van der Waals surface area contributed by atoms with Gasteiger partial charge in [-0.1, -0.05) is 0 Å². The first-order valence-electron chi connectivity index (χ1n) is 5.99. The molecule has 4 heteroatoms. The topological polar surface area (TPSA) is 64.7 Å². The largest absolute Gasteiger partial charge is 0.394 e. The zero-order chi connectivity index (χ0) is 12.2. The summed E-state index contributed by atoms with van der Waals surface area (Å²) in [4.78, 5) is 0. The molecule has 0 bridgehead atoms. The van der Waals surface area contributed by atoms with E-state index >= 15 is 0 Å². The SMILES string of the molecule is CC(C)(C)OCCOCC(N)(CO)C1CC1. The summed E-state index contributed by atoms with van der Waals surface area (Å²) in [5, 5.41) is 9.25. The summed E-state index contributed by atoms with van der Waals surface area (Å²) in [5.74, 6) is 0.432. The van der Waals surface area contributed by atoms with Crippen LogP contribution in [-0.4, -0.2) is 42.7 Å². The fourth-order valence-electron chi connectivity index (χ4n) is 1.62. The molecule has 3 N–H and O–H groups in total. The number of hydrogen-bond acceptors (Lipinski definition) is 4. The van der Waals surface area contributed by atoms with Crippen LogP contribution in [0.15, 0.2) is 0 Å². The Hall–Kier alpha value is -0.160. The smallest absolute Gasteiger partial charge is 0.0707 e. The lowest BCUT2D eigenvalue weighted by Gasteiger charge is -2.27. The fourth-order valence-corrected chi connectivity index (χ4v) is 1.62. The highest BCUT2D eigenvalue weighted by atomic mass is 16.5. The predicted octanol–water partition coefficient (Wildman–Crippen LogP) is 0.918. The van der Waals surface area contributed by atoms with Gasteiger partial charge in [-0.25, -0.2) is 0 Å². The summed E-state index contributed by atoms with van der Waals surface area (Å²) in [6.07, 6.45) is 2.22. The second-order valence-corrected chi connectivity index (χ2v) is 5.68. The fraction of sp³-hybridized carbons (Fsp3) is 1.00. The zero-order valence-corrected chi connectivity index (χ0v) is 10.7. The molecule has 0 radical (unpaired) electrons. The summed E-state index contributed by atoms with van der Waals surface area (Å²) in [6, 6.07) is 0. The highest BCUT2D eigenvalue weighted by molar-refractivity contribution is 4.98. The molecule has 16 heavy (non-hydrogen) atoms.